The Balaban J connectivity index is 1.76. The van der Waals surface area contributed by atoms with Crippen LogP contribution in [-0.2, 0) is 13.0 Å². The highest BCUT2D eigenvalue weighted by atomic mass is 16.2. The van der Waals surface area contributed by atoms with Gasteiger partial charge in [0.1, 0.15) is 5.69 Å². The van der Waals surface area contributed by atoms with Gasteiger partial charge >= 0.3 is 0 Å². The predicted molar refractivity (Wildman–Crippen MR) is 87.1 cm³/mol. The summed E-state index contributed by atoms with van der Waals surface area (Å²) in [5.74, 6) is 0.100. The Bertz CT molecular complexity index is 798. The summed E-state index contributed by atoms with van der Waals surface area (Å²) >= 11 is 0. The van der Waals surface area contributed by atoms with Gasteiger partial charge in [0, 0.05) is 37.0 Å². The molecule has 3 aromatic heterocycles. The molecule has 0 saturated heterocycles. The van der Waals surface area contributed by atoms with E-state index in [1.54, 1.807) is 24.7 Å². The van der Waals surface area contributed by atoms with Crippen LogP contribution in [0.25, 0.3) is 0 Å². The molecule has 0 unspecified atom stereocenters. The van der Waals surface area contributed by atoms with Gasteiger partial charge in [0.25, 0.3) is 5.91 Å². The molecule has 23 heavy (non-hydrogen) atoms. The first-order valence-electron chi connectivity index (χ1n) is 7.43. The van der Waals surface area contributed by atoms with E-state index in [0.29, 0.717) is 18.2 Å². The fourth-order valence-corrected chi connectivity index (χ4v) is 2.26. The molecule has 0 radical (unpaired) electrons. The van der Waals surface area contributed by atoms with Gasteiger partial charge in [0.05, 0.1) is 0 Å². The summed E-state index contributed by atoms with van der Waals surface area (Å²) in [4.78, 5) is 24.8. The summed E-state index contributed by atoms with van der Waals surface area (Å²) in [6.07, 6.45) is 7.80. The summed E-state index contributed by atoms with van der Waals surface area (Å²) in [6.45, 7) is 2.61. The predicted octanol–water partition coefficient (Wildman–Crippen LogP) is 2.54. The van der Waals surface area contributed by atoms with Crippen LogP contribution >= 0.6 is 0 Å². The number of anilines is 1. The fourth-order valence-electron chi connectivity index (χ4n) is 2.26. The van der Waals surface area contributed by atoms with Crippen molar-refractivity contribution in [1.29, 1.82) is 0 Å². The van der Waals surface area contributed by atoms with Crippen LogP contribution in [0.1, 0.15) is 28.7 Å². The molecule has 1 N–H and O–H groups in total. The highest BCUT2D eigenvalue weighted by molar-refractivity contribution is 6.02. The van der Waals surface area contributed by atoms with E-state index in [1.807, 2.05) is 42.0 Å². The second kappa shape index (κ2) is 6.83. The van der Waals surface area contributed by atoms with Crippen molar-refractivity contribution >= 4 is 11.9 Å². The summed E-state index contributed by atoms with van der Waals surface area (Å²) in [5, 5.41) is 2.75. The van der Waals surface area contributed by atoms with Crippen LogP contribution in [0, 0.1) is 0 Å². The monoisotopic (exact) mass is 307 g/mol. The molecule has 0 bridgehead atoms. The summed E-state index contributed by atoms with van der Waals surface area (Å²) in [5.41, 5.74) is 2.53. The van der Waals surface area contributed by atoms with Gasteiger partial charge in [-0.05, 0) is 42.3 Å². The quantitative estimate of drug-likeness (QED) is 0.786. The zero-order chi connectivity index (χ0) is 16.1. The van der Waals surface area contributed by atoms with E-state index in [1.165, 1.54) is 0 Å². The molecular formula is C17H17N5O. The van der Waals surface area contributed by atoms with Gasteiger partial charge in [-0.25, -0.2) is 9.97 Å². The molecule has 0 aliphatic heterocycles. The largest absolute Gasteiger partial charge is 0.339 e. The third-order valence-corrected chi connectivity index (χ3v) is 3.47. The molecule has 0 saturated carbocycles. The minimum absolute atomic E-state index is 0.225. The van der Waals surface area contributed by atoms with Gasteiger partial charge in [-0.3, -0.25) is 15.1 Å². The van der Waals surface area contributed by atoms with Gasteiger partial charge < -0.3 is 4.57 Å². The van der Waals surface area contributed by atoms with E-state index in [2.05, 4.69) is 20.3 Å². The van der Waals surface area contributed by atoms with Crippen LogP contribution in [-0.4, -0.2) is 25.4 Å². The zero-order valence-electron chi connectivity index (χ0n) is 12.8. The SMILES string of the molecule is CCc1ccnc(NC(=O)c2cccn2Cc2ccncc2)n1. The van der Waals surface area contributed by atoms with Gasteiger partial charge in [-0.2, -0.15) is 0 Å². The highest BCUT2D eigenvalue weighted by Crippen LogP contribution is 2.10. The highest BCUT2D eigenvalue weighted by Gasteiger charge is 2.12. The molecule has 0 spiro atoms. The zero-order valence-corrected chi connectivity index (χ0v) is 12.8. The molecular weight excluding hydrogens is 290 g/mol. The summed E-state index contributed by atoms with van der Waals surface area (Å²) < 4.78 is 1.88. The standard InChI is InChI=1S/C17H17N5O/c1-2-14-7-10-19-17(20-14)21-16(23)15-4-3-11-22(15)12-13-5-8-18-9-6-13/h3-11H,2,12H2,1H3,(H,19,20,21,23). The number of nitrogens with one attached hydrogen (secondary N) is 1. The lowest BCUT2D eigenvalue weighted by atomic mass is 10.2. The fraction of sp³-hybridized carbons (Fsp3) is 0.176. The van der Waals surface area contributed by atoms with Gasteiger partial charge in [-0.15, -0.1) is 0 Å². The van der Waals surface area contributed by atoms with E-state index in [-0.39, 0.29) is 5.91 Å². The lowest BCUT2D eigenvalue weighted by Crippen LogP contribution is -2.19. The first kappa shape index (κ1) is 14.9. The van der Waals surface area contributed by atoms with Crippen molar-refractivity contribution in [3.05, 3.63) is 72.1 Å². The Hall–Kier alpha value is -3.02. The molecule has 3 aromatic rings. The molecule has 0 aromatic carbocycles. The van der Waals surface area contributed by atoms with Crippen LogP contribution in [0.5, 0.6) is 0 Å². The lowest BCUT2D eigenvalue weighted by Gasteiger charge is -2.09. The average Bonchev–Trinajstić information content (AvgIpc) is 3.04. The van der Waals surface area contributed by atoms with Crippen molar-refractivity contribution in [3.8, 4) is 0 Å². The maximum absolute atomic E-state index is 12.5. The van der Waals surface area contributed by atoms with Crippen molar-refractivity contribution in [2.45, 2.75) is 19.9 Å². The number of rotatable bonds is 5. The Morgan fingerprint density at radius 2 is 2.00 bits per heavy atom. The second-order valence-corrected chi connectivity index (χ2v) is 5.06. The number of carbonyl (C=O) groups is 1. The van der Waals surface area contributed by atoms with Crippen LogP contribution in [0.15, 0.2) is 55.1 Å². The van der Waals surface area contributed by atoms with Crippen molar-refractivity contribution in [2.75, 3.05) is 5.32 Å². The lowest BCUT2D eigenvalue weighted by molar-refractivity contribution is 0.101. The number of aryl methyl sites for hydroxylation is 1. The first-order chi connectivity index (χ1) is 11.3. The number of nitrogens with zero attached hydrogens (tertiary/aromatic N) is 4. The molecule has 6 nitrogen and oxygen atoms in total. The molecule has 0 aliphatic rings. The number of pyridine rings is 1. The van der Waals surface area contributed by atoms with Gasteiger partial charge in [-0.1, -0.05) is 6.92 Å². The van der Waals surface area contributed by atoms with Gasteiger partial charge in [0.15, 0.2) is 0 Å². The molecule has 3 heterocycles. The molecule has 3 rings (SSSR count). The molecule has 0 fully saturated rings. The third kappa shape index (κ3) is 3.60. The van der Waals surface area contributed by atoms with E-state index >= 15 is 0 Å². The minimum atomic E-state index is -0.225. The summed E-state index contributed by atoms with van der Waals surface area (Å²) in [7, 11) is 0. The number of hydrogen-bond donors (Lipinski definition) is 1. The minimum Gasteiger partial charge on any atom is -0.339 e. The Morgan fingerprint density at radius 3 is 2.78 bits per heavy atom. The first-order valence-corrected chi connectivity index (χ1v) is 7.43. The smallest absolute Gasteiger partial charge is 0.274 e. The van der Waals surface area contributed by atoms with Crippen molar-refractivity contribution in [3.63, 3.8) is 0 Å². The van der Waals surface area contributed by atoms with E-state index in [4.69, 9.17) is 0 Å². The van der Waals surface area contributed by atoms with Crippen molar-refractivity contribution < 1.29 is 4.79 Å². The molecule has 6 heteroatoms. The molecule has 1 amide bonds. The number of aromatic nitrogens is 4. The number of carbonyl (C=O) groups excluding carboxylic acids is 1. The Kier molecular flexibility index (Phi) is 4.42. The van der Waals surface area contributed by atoms with Crippen LogP contribution in [0.2, 0.25) is 0 Å². The molecule has 0 atom stereocenters. The van der Waals surface area contributed by atoms with E-state index < -0.39 is 0 Å². The topological polar surface area (TPSA) is 72.7 Å². The van der Waals surface area contributed by atoms with Crippen LogP contribution in [0.4, 0.5) is 5.95 Å². The molecule has 116 valence electrons. The number of hydrogen-bond acceptors (Lipinski definition) is 4. The Morgan fingerprint density at radius 1 is 1.17 bits per heavy atom. The van der Waals surface area contributed by atoms with Gasteiger partial charge in [0.2, 0.25) is 5.95 Å². The number of amides is 1. The van der Waals surface area contributed by atoms with Crippen molar-refractivity contribution in [1.82, 2.24) is 19.5 Å². The average molecular weight is 307 g/mol. The summed E-state index contributed by atoms with van der Waals surface area (Å²) in [6, 6.07) is 9.31. The normalized spacial score (nSPS) is 10.5. The second-order valence-electron chi connectivity index (χ2n) is 5.06. The Labute approximate surface area is 134 Å². The van der Waals surface area contributed by atoms with Crippen molar-refractivity contribution in [2.24, 2.45) is 0 Å². The molecule has 0 aliphatic carbocycles. The third-order valence-electron chi connectivity index (χ3n) is 3.47. The van der Waals surface area contributed by atoms with E-state index in [9.17, 15) is 4.79 Å². The van der Waals surface area contributed by atoms with Crippen LogP contribution < -0.4 is 5.32 Å². The van der Waals surface area contributed by atoms with Crippen LogP contribution in [0.3, 0.4) is 0 Å². The maximum Gasteiger partial charge on any atom is 0.274 e. The maximum atomic E-state index is 12.5. The van der Waals surface area contributed by atoms with E-state index in [0.717, 1.165) is 17.7 Å².